The minimum Gasteiger partial charge on any atom is -0.368 e. The van der Waals surface area contributed by atoms with E-state index >= 15 is 0 Å². The van der Waals surface area contributed by atoms with Gasteiger partial charge in [-0.2, -0.15) is 8.42 Å². The van der Waals surface area contributed by atoms with E-state index in [9.17, 15) is 17.6 Å². The summed E-state index contributed by atoms with van der Waals surface area (Å²) in [6.07, 6.45) is 1.73. The summed E-state index contributed by atoms with van der Waals surface area (Å²) in [7, 11) is -0.659. The molecule has 0 bridgehead atoms. The van der Waals surface area contributed by atoms with E-state index in [2.05, 4.69) is 9.71 Å². The summed E-state index contributed by atoms with van der Waals surface area (Å²) in [5.41, 5.74) is 3.25. The van der Waals surface area contributed by atoms with Gasteiger partial charge >= 0.3 is 0 Å². The predicted octanol–water partition coefficient (Wildman–Crippen LogP) is 4.50. The molecule has 0 unspecified atom stereocenters. The van der Waals surface area contributed by atoms with Gasteiger partial charge in [0.05, 0.1) is 11.3 Å². The minimum atomic E-state index is -4.02. The number of fused-ring (bicyclic) bond motifs is 1. The molecule has 1 aliphatic rings. The molecule has 0 aromatic heterocycles. The first-order valence-electron chi connectivity index (χ1n) is 11.3. The summed E-state index contributed by atoms with van der Waals surface area (Å²) in [6.45, 7) is 0.950. The Hall–Kier alpha value is -3.43. The van der Waals surface area contributed by atoms with Gasteiger partial charge in [0, 0.05) is 43.6 Å². The minimum absolute atomic E-state index is 0.0410. The van der Waals surface area contributed by atoms with E-state index in [1.807, 2.05) is 4.90 Å². The summed E-state index contributed by atoms with van der Waals surface area (Å²) in [5, 5.41) is 3.30. The van der Waals surface area contributed by atoms with Crippen molar-refractivity contribution in [2.75, 3.05) is 30.9 Å². The zero-order valence-electron chi connectivity index (χ0n) is 19.9. The second-order valence-electron chi connectivity index (χ2n) is 8.74. The van der Waals surface area contributed by atoms with Gasteiger partial charge in [-0.25, -0.2) is 4.39 Å². The van der Waals surface area contributed by atoms with Gasteiger partial charge in [-0.1, -0.05) is 29.8 Å². The van der Waals surface area contributed by atoms with Crippen molar-refractivity contribution in [3.05, 3.63) is 88.2 Å². The van der Waals surface area contributed by atoms with Gasteiger partial charge in [0.25, 0.3) is 10.0 Å². The van der Waals surface area contributed by atoms with Crippen molar-refractivity contribution in [2.45, 2.75) is 24.3 Å². The van der Waals surface area contributed by atoms with E-state index in [-0.39, 0.29) is 23.0 Å². The molecule has 1 N–H and O–H groups in total. The van der Waals surface area contributed by atoms with Crippen LogP contribution in [0.4, 0.5) is 15.8 Å². The van der Waals surface area contributed by atoms with Crippen molar-refractivity contribution >= 4 is 45.2 Å². The zero-order chi connectivity index (χ0) is 25.9. The molecule has 188 valence electrons. The Morgan fingerprint density at radius 2 is 1.89 bits per heavy atom. The van der Waals surface area contributed by atoms with E-state index in [0.29, 0.717) is 41.3 Å². The van der Waals surface area contributed by atoms with Crippen LogP contribution in [0.2, 0.25) is 5.02 Å². The third-order valence-corrected chi connectivity index (χ3v) is 7.43. The maximum Gasteiger partial charge on any atom is 0.284 e. The van der Waals surface area contributed by atoms with Gasteiger partial charge in [-0.3, -0.25) is 4.79 Å². The molecule has 10 heteroatoms. The van der Waals surface area contributed by atoms with E-state index in [0.717, 1.165) is 11.3 Å². The zero-order valence-corrected chi connectivity index (χ0v) is 21.5. The van der Waals surface area contributed by atoms with Crippen molar-refractivity contribution in [1.29, 1.82) is 0 Å². The summed E-state index contributed by atoms with van der Waals surface area (Å²) >= 11 is 6.19. The molecule has 3 aromatic rings. The Balaban J connectivity index is 1.69. The van der Waals surface area contributed by atoms with Crippen LogP contribution in [-0.4, -0.2) is 46.2 Å². The molecular weight excluding hydrogens is 503 g/mol. The van der Waals surface area contributed by atoms with Crippen molar-refractivity contribution in [3.63, 3.8) is 0 Å². The van der Waals surface area contributed by atoms with Crippen LogP contribution in [0.25, 0.3) is 0 Å². The Morgan fingerprint density at radius 3 is 2.58 bits per heavy atom. The number of hydrogen-bond donors (Lipinski definition) is 1. The van der Waals surface area contributed by atoms with Crippen LogP contribution < -0.4 is 10.2 Å². The average Bonchev–Trinajstić information content (AvgIpc) is 2.84. The average molecular weight is 529 g/mol. The third-order valence-electron chi connectivity index (χ3n) is 5.77. The highest BCUT2D eigenvalue weighted by Crippen LogP contribution is 2.33. The number of hydrogen-bond acceptors (Lipinski definition) is 4. The number of sulfonamides is 1. The van der Waals surface area contributed by atoms with Crippen molar-refractivity contribution < 1.29 is 17.6 Å². The second-order valence-corrected chi connectivity index (χ2v) is 10.7. The van der Waals surface area contributed by atoms with E-state index in [4.69, 9.17) is 11.6 Å². The van der Waals surface area contributed by atoms with Crippen LogP contribution in [0.3, 0.4) is 0 Å². The number of benzene rings is 3. The molecule has 0 radical (unpaired) electrons. The molecule has 0 aliphatic carbocycles. The molecule has 0 spiro atoms. The fourth-order valence-electron chi connectivity index (χ4n) is 4.07. The number of nitrogens with zero attached hydrogens (tertiary/aromatic N) is 3. The van der Waals surface area contributed by atoms with Crippen molar-refractivity contribution in [2.24, 2.45) is 4.40 Å². The molecule has 0 saturated heterocycles. The molecule has 0 fully saturated rings. The number of rotatable bonds is 7. The van der Waals surface area contributed by atoms with Gasteiger partial charge in [-0.15, -0.1) is 4.40 Å². The lowest BCUT2D eigenvalue weighted by atomic mass is 9.98. The standard InChI is InChI=1S/C26H26ClFN4O3S/c1-31(2)17-29-36(34,35)25-15-21(30-26(33)14-18-5-3-4-6-24(18)27)13-19-16-32(12-11-23(19)25)22-9-7-20(28)8-10-22/h3-10,13,15,17H,11-12,14,16H2,1-2H3,(H,30,33). The fraction of sp³-hybridized carbons (Fsp3) is 0.231. The van der Waals surface area contributed by atoms with Gasteiger partial charge in [0.2, 0.25) is 5.91 Å². The van der Waals surface area contributed by atoms with Gasteiger partial charge in [0.1, 0.15) is 12.2 Å². The molecular formula is C26H26ClFN4O3S. The SMILES string of the molecule is CN(C)C=NS(=O)(=O)c1cc(NC(=O)Cc2ccccc2Cl)cc2c1CCN(c1ccc(F)cc1)C2. The highest BCUT2D eigenvalue weighted by molar-refractivity contribution is 7.90. The largest absolute Gasteiger partial charge is 0.368 e. The first-order valence-corrected chi connectivity index (χ1v) is 13.1. The molecule has 1 heterocycles. The van der Waals surface area contributed by atoms with Crippen LogP contribution in [0.5, 0.6) is 0 Å². The first-order chi connectivity index (χ1) is 17.1. The number of anilines is 2. The van der Waals surface area contributed by atoms with E-state index < -0.39 is 10.0 Å². The van der Waals surface area contributed by atoms with Crippen LogP contribution in [-0.2, 0) is 34.2 Å². The summed E-state index contributed by atoms with van der Waals surface area (Å²) in [6, 6.07) is 16.5. The summed E-state index contributed by atoms with van der Waals surface area (Å²) in [4.78, 5) is 16.4. The first kappa shape index (κ1) is 25.7. The summed E-state index contributed by atoms with van der Waals surface area (Å²) < 4.78 is 43.5. The molecule has 7 nitrogen and oxygen atoms in total. The van der Waals surface area contributed by atoms with E-state index in [1.54, 1.807) is 56.6 Å². The Labute approximate surface area is 215 Å². The van der Waals surface area contributed by atoms with Gasteiger partial charge < -0.3 is 15.1 Å². The molecule has 1 amide bonds. The predicted molar refractivity (Wildman–Crippen MR) is 141 cm³/mol. The lowest BCUT2D eigenvalue weighted by molar-refractivity contribution is -0.115. The molecule has 1 aliphatic heterocycles. The smallest absolute Gasteiger partial charge is 0.284 e. The Bertz CT molecular complexity index is 1410. The number of carbonyl (C=O) groups is 1. The Morgan fingerprint density at radius 1 is 1.17 bits per heavy atom. The molecule has 3 aromatic carbocycles. The van der Waals surface area contributed by atoms with Crippen LogP contribution in [0, 0.1) is 5.82 Å². The number of carbonyl (C=O) groups excluding carboxylic acids is 1. The van der Waals surface area contributed by atoms with E-state index in [1.165, 1.54) is 29.4 Å². The third kappa shape index (κ3) is 6.03. The summed E-state index contributed by atoms with van der Waals surface area (Å²) in [5.74, 6) is -0.652. The van der Waals surface area contributed by atoms with Gasteiger partial charge in [-0.05, 0) is 65.6 Å². The van der Waals surface area contributed by atoms with Crippen LogP contribution >= 0.6 is 11.6 Å². The normalized spacial score (nSPS) is 13.5. The fourth-order valence-corrected chi connectivity index (χ4v) is 5.52. The molecule has 4 rings (SSSR count). The lowest BCUT2D eigenvalue weighted by Crippen LogP contribution is -2.31. The highest BCUT2D eigenvalue weighted by atomic mass is 35.5. The molecule has 0 atom stereocenters. The van der Waals surface area contributed by atoms with Crippen molar-refractivity contribution in [1.82, 2.24) is 4.90 Å². The highest BCUT2D eigenvalue weighted by Gasteiger charge is 2.26. The maximum absolute atomic E-state index is 13.4. The van der Waals surface area contributed by atoms with Crippen LogP contribution in [0.1, 0.15) is 16.7 Å². The monoisotopic (exact) mass is 528 g/mol. The molecule has 0 saturated carbocycles. The quantitative estimate of drug-likeness (QED) is 0.360. The van der Waals surface area contributed by atoms with Gasteiger partial charge in [0.15, 0.2) is 0 Å². The van der Waals surface area contributed by atoms with Crippen molar-refractivity contribution in [3.8, 4) is 0 Å². The maximum atomic E-state index is 13.4. The molecule has 36 heavy (non-hydrogen) atoms. The lowest BCUT2D eigenvalue weighted by Gasteiger charge is -2.32. The number of nitrogens with one attached hydrogen (secondary N) is 1. The Kier molecular flexibility index (Phi) is 7.61. The second kappa shape index (κ2) is 10.7. The number of halogens is 2. The topological polar surface area (TPSA) is 82.1 Å². The van der Waals surface area contributed by atoms with Crippen LogP contribution in [0.15, 0.2) is 70.0 Å². The number of amides is 1.